The van der Waals surface area contributed by atoms with Crippen LogP contribution in [0.15, 0.2) is 30.5 Å². The van der Waals surface area contributed by atoms with Crippen LogP contribution in [-0.4, -0.2) is 15.9 Å². The molecule has 0 spiro atoms. The summed E-state index contributed by atoms with van der Waals surface area (Å²) in [6, 6.07) is 6.74. The lowest BCUT2D eigenvalue weighted by molar-refractivity contribution is -0.383. The van der Waals surface area contributed by atoms with Gasteiger partial charge in [-0.3, -0.25) is 10.1 Å². The minimum Gasteiger partial charge on any atom is -0.361 e. The number of aromatic nitrogens is 1. The van der Waals surface area contributed by atoms with E-state index in [1.54, 1.807) is 30.5 Å². The smallest absolute Gasteiger partial charge is 0.319 e. The first-order chi connectivity index (χ1) is 11.5. The van der Waals surface area contributed by atoms with Crippen LogP contribution < -0.4 is 5.32 Å². The summed E-state index contributed by atoms with van der Waals surface area (Å²) in [4.78, 5) is 15.5. The van der Waals surface area contributed by atoms with Crippen molar-refractivity contribution in [3.8, 4) is 11.1 Å². The molecule has 0 saturated heterocycles. The van der Waals surface area contributed by atoms with E-state index in [4.69, 9.17) is 23.2 Å². The number of nitrogens with one attached hydrogen (secondary N) is 1. The number of hydrogen-bond acceptors (Lipinski definition) is 4. The van der Waals surface area contributed by atoms with Crippen molar-refractivity contribution in [3.63, 3.8) is 0 Å². The summed E-state index contributed by atoms with van der Waals surface area (Å²) in [5, 5.41) is 15.8. The van der Waals surface area contributed by atoms with Gasteiger partial charge in [-0.1, -0.05) is 36.2 Å². The standard InChI is InChI=1S/C17H17Cl2N3O2/c1-2-15(10-3-4-10)21-17-16(22(23)24)13(7-8-20-17)12-6-5-11(18)9-14(12)19/h5-10,15H,2-4H2,1H3,(H,20,21)/t15-/m0/s1. The highest BCUT2D eigenvalue weighted by Crippen LogP contribution is 2.41. The number of hydrogen-bond donors (Lipinski definition) is 1. The van der Waals surface area contributed by atoms with Gasteiger partial charge >= 0.3 is 5.69 Å². The zero-order valence-corrected chi connectivity index (χ0v) is 14.6. The van der Waals surface area contributed by atoms with Gasteiger partial charge < -0.3 is 5.32 Å². The molecule has 24 heavy (non-hydrogen) atoms. The van der Waals surface area contributed by atoms with Crippen molar-refractivity contribution in [2.75, 3.05) is 5.32 Å². The van der Waals surface area contributed by atoms with Crippen molar-refractivity contribution in [3.05, 3.63) is 50.6 Å². The molecule has 1 aromatic heterocycles. The third-order valence-electron chi connectivity index (χ3n) is 4.28. The summed E-state index contributed by atoms with van der Waals surface area (Å²) >= 11 is 12.2. The zero-order valence-electron chi connectivity index (χ0n) is 13.1. The molecule has 1 aliphatic rings. The third-order valence-corrected chi connectivity index (χ3v) is 4.83. The summed E-state index contributed by atoms with van der Waals surface area (Å²) in [7, 11) is 0. The number of halogens is 2. The Hall–Kier alpha value is -1.85. The SMILES string of the molecule is CC[C@H](Nc1nccc(-c2ccc(Cl)cc2Cl)c1[N+](=O)[O-])C1CC1. The fourth-order valence-corrected chi connectivity index (χ4v) is 3.41. The van der Waals surface area contributed by atoms with Gasteiger partial charge in [-0.2, -0.15) is 0 Å². The van der Waals surface area contributed by atoms with Crippen LogP contribution in [0.5, 0.6) is 0 Å². The highest BCUT2D eigenvalue weighted by atomic mass is 35.5. The molecular formula is C17H17Cl2N3O2. The Bertz CT molecular complexity index is 778. The van der Waals surface area contributed by atoms with E-state index in [2.05, 4.69) is 17.2 Å². The highest BCUT2D eigenvalue weighted by Gasteiger charge is 2.32. The molecule has 5 nitrogen and oxygen atoms in total. The van der Waals surface area contributed by atoms with Crippen molar-refractivity contribution in [2.45, 2.75) is 32.2 Å². The average molecular weight is 366 g/mol. The number of nitrogens with zero attached hydrogens (tertiary/aromatic N) is 2. The van der Waals surface area contributed by atoms with Gasteiger partial charge in [0.05, 0.1) is 15.5 Å². The Labute approximate surface area is 150 Å². The Morgan fingerprint density at radius 1 is 1.33 bits per heavy atom. The second kappa shape index (κ2) is 6.95. The van der Waals surface area contributed by atoms with E-state index in [9.17, 15) is 10.1 Å². The second-order valence-corrected chi connectivity index (χ2v) is 6.78. The van der Waals surface area contributed by atoms with Crippen LogP contribution in [0.1, 0.15) is 26.2 Å². The van der Waals surface area contributed by atoms with E-state index >= 15 is 0 Å². The maximum Gasteiger partial charge on any atom is 0.319 e. The molecule has 1 N–H and O–H groups in total. The number of pyridine rings is 1. The molecule has 7 heteroatoms. The largest absolute Gasteiger partial charge is 0.361 e. The van der Waals surface area contributed by atoms with Gasteiger partial charge in [-0.25, -0.2) is 4.98 Å². The van der Waals surface area contributed by atoms with E-state index in [1.807, 2.05) is 0 Å². The van der Waals surface area contributed by atoms with E-state index in [-0.39, 0.29) is 11.7 Å². The summed E-state index contributed by atoms with van der Waals surface area (Å²) in [6.07, 6.45) is 4.77. The first-order valence-corrected chi connectivity index (χ1v) is 8.62. The second-order valence-electron chi connectivity index (χ2n) is 5.93. The molecule has 0 radical (unpaired) electrons. The van der Waals surface area contributed by atoms with Crippen LogP contribution >= 0.6 is 23.2 Å². The highest BCUT2D eigenvalue weighted by molar-refractivity contribution is 6.36. The molecule has 1 aliphatic carbocycles. The summed E-state index contributed by atoms with van der Waals surface area (Å²) in [5.74, 6) is 0.862. The molecule has 1 saturated carbocycles. The molecule has 0 bridgehead atoms. The molecule has 2 aromatic rings. The normalized spacial score (nSPS) is 15.1. The molecule has 3 rings (SSSR count). The number of benzene rings is 1. The van der Waals surface area contributed by atoms with E-state index < -0.39 is 4.92 Å². The van der Waals surface area contributed by atoms with Crippen LogP contribution in [0, 0.1) is 16.0 Å². The lowest BCUT2D eigenvalue weighted by Crippen LogP contribution is -2.22. The van der Waals surface area contributed by atoms with Gasteiger partial charge in [0.1, 0.15) is 0 Å². The van der Waals surface area contributed by atoms with Crippen molar-refractivity contribution in [1.29, 1.82) is 0 Å². The monoisotopic (exact) mass is 365 g/mol. The Morgan fingerprint density at radius 2 is 2.08 bits per heavy atom. The predicted octanol–water partition coefficient (Wildman–Crippen LogP) is 5.56. The molecule has 126 valence electrons. The van der Waals surface area contributed by atoms with Crippen LogP contribution in [0.4, 0.5) is 11.5 Å². The molecule has 0 aliphatic heterocycles. The summed E-state index contributed by atoms with van der Waals surface area (Å²) in [6.45, 7) is 2.07. The van der Waals surface area contributed by atoms with Crippen molar-refractivity contribution in [2.24, 2.45) is 5.92 Å². The molecule has 0 unspecified atom stereocenters. The van der Waals surface area contributed by atoms with Crippen LogP contribution in [-0.2, 0) is 0 Å². The number of nitro groups is 1. The van der Waals surface area contributed by atoms with Gasteiger partial charge in [0.25, 0.3) is 0 Å². The topological polar surface area (TPSA) is 68.1 Å². The van der Waals surface area contributed by atoms with E-state index in [0.717, 1.165) is 19.3 Å². The Balaban J connectivity index is 2.06. The van der Waals surface area contributed by atoms with Gasteiger partial charge in [0.15, 0.2) is 0 Å². The minimum atomic E-state index is -0.408. The Morgan fingerprint density at radius 3 is 2.67 bits per heavy atom. The van der Waals surface area contributed by atoms with E-state index in [1.165, 1.54) is 0 Å². The van der Waals surface area contributed by atoms with Gasteiger partial charge in [0.2, 0.25) is 5.82 Å². The van der Waals surface area contributed by atoms with Gasteiger partial charge in [-0.05, 0) is 43.4 Å². The van der Waals surface area contributed by atoms with Crippen LogP contribution in [0.3, 0.4) is 0 Å². The predicted molar refractivity (Wildman–Crippen MR) is 96.8 cm³/mol. The number of anilines is 1. The lowest BCUT2D eigenvalue weighted by atomic mass is 10.0. The molecule has 1 fully saturated rings. The molecule has 0 amide bonds. The summed E-state index contributed by atoms with van der Waals surface area (Å²) in [5.41, 5.74) is 0.948. The average Bonchev–Trinajstić information content (AvgIpc) is 3.37. The molecule has 1 atom stereocenters. The molecular weight excluding hydrogens is 349 g/mol. The van der Waals surface area contributed by atoms with E-state index in [0.29, 0.717) is 32.9 Å². The van der Waals surface area contributed by atoms with Gasteiger partial charge in [-0.15, -0.1) is 0 Å². The first-order valence-electron chi connectivity index (χ1n) is 7.86. The lowest BCUT2D eigenvalue weighted by Gasteiger charge is -2.17. The Kier molecular flexibility index (Phi) is 4.92. The first kappa shape index (κ1) is 17.0. The van der Waals surface area contributed by atoms with Crippen LogP contribution in [0.2, 0.25) is 10.0 Å². The van der Waals surface area contributed by atoms with Crippen molar-refractivity contribution >= 4 is 34.7 Å². The molecule has 1 heterocycles. The van der Waals surface area contributed by atoms with Gasteiger partial charge in [0, 0.05) is 22.8 Å². The van der Waals surface area contributed by atoms with Crippen molar-refractivity contribution in [1.82, 2.24) is 4.98 Å². The fraction of sp³-hybridized carbons (Fsp3) is 0.353. The maximum atomic E-state index is 11.7. The zero-order chi connectivity index (χ0) is 17.3. The quantitative estimate of drug-likeness (QED) is 0.536. The minimum absolute atomic E-state index is 0.0548. The fourth-order valence-electron chi connectivity index (χ4n) is 2.90. The molecule has 1 aromatic carbocycles. The maximum absolute atomic E-state index is 11.7. The van der Waals surface area contributed by atoms with Crippen molar-refractivity contribution < 1.29 is 4.92 Å². The summed E-state index contributed by atoms with van der Waals surface area (Å²) < 4.78 is 0. The van der Waals surface area contributed by atoms with Crippen LogP contribution in [0.25, 0.3) is 11.1 Å². The third kappa shape index (κ3) is 3.47. The number of rotatable bonds is 6.